The lowest BCUT2D eigenvalue weighted by Gasteiger charge is -2.13. The van der Waals surface area contributed by atoms with Gasteiger partial charge in [0.25, 0.3) is 0 Å². The number of hydrogen-bond donors (Lipinski definition) is 2. The number of carbonyl (C=O) groups is 2. The Morgan fingerprint density at radius 1 is 1.47 bits per heavy atom. The van der Waals surface area contributed by atoms with Crippen LogP contribution in [0.5, 0.6) is 0 Å². The number of hydrogen-bond acceptors (Lipinski definition) is 3. The van der Waals surface area contributed by atoms with Crippen LogP contribution in [0.1, 0.15) is 30.2 Å². The molecule has 0 fully saturated rings. The van der Waals surface area contributed by atoms with Crippen molar-refractivity contribution in [1.82, 2.24) is 14.9 Å². The molecule has 0 bridgehead atoms. The Bertz CT molecular complexity index is 633. The monoisotopic (exact) mass is 261 g/mol. The normalized spacial score (nSPS) is 12.3. The van der Waals surface area contributed by atoms with Crippen LogP contribution >= 0.6 is 0 Å². The van der Waals surface area contributed by atoms with E-state index in [9.17, 15) is 9.59 Å². The molecule has 0 spiro atoms. The zero-order chi connectivity index (χ0) is 14.0. The van der Waals surface area contributed by atoms with Gasteiger partial charge in [-0.05, 0) is 32.0 Å². The summed E-state index contributed by atoms with van der Waals surface area (Å²) < 4.78 is 1.73. The molecule has 2 N–H and O–H groups in total. The van der Waals surface area contributed by atoms with Crippen molar-refractivity contribution in [1.29, 1.82) is 0 Å². The second-order valence-corrected chi connectivity index (χ2v) is 4.23. The van der Waals surface area contributed by atoms with Gasteiger partial charge >= 0.3 is 5.97 Å². The van der Waals surface area contributed by atoms with E-state index in [-0.39, 0.29) is 17.5 Å². The van der Waals surface area contributed by atoms with Crippen molar-refractivity contribution in [2.75, 3.05) is 6.54 Å². The minimum Gasteiger partial charge on any atom is -0.478 e. The van der Waals surface area contributed by atoms with Gasteiger partial charge in [0, 0.05) is 6.54 Å². The third kappa shape index (κ3) is 2.42. The number of carbonyl (C=O) groups excluding carboxylic acids is 1. The van der Waals surface area contributed by atoms with Crippen LogP contribution in [0.3, 0.4) is 0 Å². The van der Waals surface area contributed by atoms with Gasteiger partial charge < -0.3 is 15.0 Å². The van der Waals surface area contributed by atoms with Crippen LogP contribution in [0.4, 0.5) is 0 Å². The lowest BCUT2D eigenvalue weighted by atomic mass is 10.2. The van der Waals surface area contributed by atoms with Gasteiger partial charge in [0.15, 0.2) is 0 Å². The van der Waals surface area contributed by atoms with Gasteiger partial charge in [0.05, 0.1) is 22.9 Å². The van der Waals surface area contributed by atoms with Crippen LogP contribution in [0.2, 0.25) is 0 Å². The number of benzene rings is 1. The minimum absolute atomic E-state index is 0.0934. The van der Waals surface area contributed by atoms with Crippen molar-refractivity contribution in [3.05, 3.63) is 30.1 Å². The van der Waals surface area contributed by atoms with Crippen LogP contribution < -0.4 is 5.32 Å². The first-order valence-corrected chi connectivity index (χ1v) is 6.02. The van der Waals surface area contributed by atoms with E-state index in [0.29, 0.717) is 12.1 Å². The highest BCUT2D eigenvalue weighted by Crippen LogP contribution is 2.19. The molecule has 1 heterocycles. The number of aromatic nitrogens is 2. The highest BCUT2D eigenvalue weighted by Gasteiger charge is 2.17. The van der Waals surface area contributed by atoms with Crippen molar-refractivity contribution in [2.45, 2.75) is 19.9 Å². The maximum absolute atomic E-state index is 11.8. The van der Waals surface area contributed by atoms with Crippen LogP contribution in [0.25, 0.3) is 11.0 Å². The van der Waals surface area contributed by atoms with E-state index < -0.39 is 5.97 Å². The van der Waals surface area contributed by atoms with E-state index in [1.807, 2.05) is 6.92 Å². The number of imidazole rings is 1. The Morgan fingerprint density at radius 3 is 2.84 bits per heavy atom. The van der Waals surface area contributed by atoms with Crippen molar-refractivity contribution >= 4 is 22.9 Å². The highest BCUT2D eigenvalue weighted by atomic mass is 16.4. The summed E-state index contributed by atoms with van der Waals surface area (Å²) in [6, 6.07) is 4.29. The molecule has 1 aromatic heterocycles. The first-order valence-electron chi connectivity index (χ1n) is 6.02. The number of rotatable bonds is 4. The van der Waals surface area contributed by atoms with Crippen molar-refractivity contribution in [3.63, 3.8) is 0 Å². The van der Waals surface area contributed by atoms with Gasteiger partial charge in [-0.2, -0.15) is 0 Å². The fourth-order valence-electron chi connectivity index (χ4n) is 1.92. The molecule has 0 aliphatic heterocycles. The maximum atomic E-state index is 11.8. The molecular weight excluding hydrogens is 246 g/mol. The summed E-state index contributed by atoms with van der Waals surface area (Å²) >= 11 is 0. The molecule has 0 saturated heterocycles. The molecule has 6 heteroatoms. The Morgan fingerprint density at radius 2 is 2.21 bits per heavy atom. The molecule has 1 atom stereocenters. The van der Waals surface area contributed by atoms with E-state index in [0.717, 1.165) is 5.52 Å². The minimum atomic E-state index is -0.992. The second kappa shape index (κ2) is 5.09. The van der Waals surface area contributed by atoms with Crippen molar-refractivity contribution in [2.24, 2.45) is 0 Å². The Hall–Kier alpha value is -2.37. The van der Waals surface area contributed by atoms with E-state index >= 15 is 0 Å². The number of carboxylic acid groups (broad SMARTS) is 1. The third-order valence-corrected chi connectivity index (χ3v) is 2.97. The van der Waals surface area contributed by atoms with E-state index in [4.69, 9.17) is 5.11 Å². The lowest BCUT2D eigenvalue weighted by Crippen LogP contribution is -2.30. The number of carboxylic acids is 1. The summed E-state index contributed by atoms with van der Waals surface area (Å²) in [4.78, 5) is 26.8. The second-order valence-electron chi connectivity index (χ2n) is 4.23. The SMILES string of the molecule is CCNC(=O)C(C)n1cnc2cc(C(=O)O)ccc21. The Labute approximate surface area is 110 Å². The average Bonchev–Trinajstić information content (AvgIpc) is 2.80. The number of fused-ring (bicyclic) bond motifs is 1. The molecule has 6 nitrogen and oxygen atoms in total. The smallest absolute Gasteiger partial charge is 0.335 e. The Balaban J connectivity index is 2.40. The zero-order valence-corrected chi connectivity index (χ0v) is 10.8. The number of nitrogens with one attached hydrogen (secondary N) is 1. The molecule has 100 valence electrons. The fraction of sp³-hybridized carbons (Fsp3) is 0.308. The first kappa shape index (κ1) is 13.1. The number of likely N-dealkylation sites (N-methyl/N-ethyl adjacent to an activating group) is 1. The number of nitrogens with zero attached hydrogens (tertiary/aromatic N) is 2. The summed E-state index contributed by atoms with van der Waals surface area (Å²) in [5.41, 5.74) is 1.49. The van der Waals surface area contributed by atoms with E-state index in [1.165, 1.54) is 12.1 Å². The summed E-state index contributed by atoms with van der Waals surface area (Å²) in [5.74, 6) is -1.09. The highest BCUT2D eigenvalue weighted by molar-refractivity contribution is 5.92. The van der Waals surface area contributed by atoms with Gasteiger partial charge in [-0.25, -0.2) is 9.78 Å². The largest absolute Gasteiger partial charge is 0.478 e. The molecule has 19 heavy (non-hydrogen) atoms. The molecule has 0 saturated carbocycles. The van der Waals surface area contributed by atoms with Crippen LogP contribution in [-0.2, 0) is 4.79 Å². The fourth-order valence-corrected chi connectivity index (χ4v) is 1.92. The molecule has 0 aliphatic rings. The standard InChI is InChI=1S/C13H15N3O3/c1-3-14-12(17)8(2)16-7-15-10-6-9(13(18)19)4-5-11(10)16/h4-8H,3H2,1-2H3,(H,14,17)(H,18,19). The van der Waals surface area contributed by atoms with Gasteiger partial charge in [-0.3, -0.25) is 4.79 Å². The maximum Gasteiger partial charge on any atom is 0.335 e. The molecule has 2 rings (SSSR count). The molecule has 1 unspecified atom stereocenters. The molecule has 0 radical (unpaired) electrons. The summed E-state index contributed by atoms with van der Waals surface area (Å²) in [6.45, 7) is 4.20. The van der Waals surface area contributed by atoms with Crippen LogP contribution in [0, 0.1) is 0 Å². The predicted octanol–water partition coefficient (Wildman–Crippen LogP) is 1.43. The van der Waals surface area contributed by atoms with Gasteiger partial charge in [0.2, 0.25) is 5.91 Å². The molecule has 1 amide bonds. The summed E-state index contributed by atoms with van der Waals surface area (Å²) in [7, 11) is 0. The molecule has 2 aromatic rings. The van der Waals surface area contributed by atoms with E-state index in [2.05, 4.69) is 10.3 Å². The lowest BCUT2D eigenvalue weighted by molar-refractivity contribution is -0.123. The number of aromatic carboxylic acids is 1. The van der Waals surface area contributed by atoms with Crippen molar-refractivity contribution < 1.29 is 14.7 Å². The average molecular weight is 261 g/mol. The quantitative estimate of drug-likeness (QED) is 0.872. The van der Waals surface area contributed by atoms with Gasteiger partial charge in [-0.15, -0.1) is 0 Å². The molecular formula is C13H15N3O3. The molecule has 1 aromatic carbocycles. The van der Waals surface area contributed by atoms with Crippen LogP contribution in [-0.4, -0.2) is 33.1 Å². The zero-order valence-electron chi connectivity index (χ0n) is 10.8. The van der Waals surface area contributed by atoms with Crippen LogP contribution in [0.15, 0.2) is 24.5 Å². The molecule has 0 aliphatic carbocycles. The topological polar surface area (TPSA) is 84.2 Å². The first-order chi connectivity index (χ1) is 9.04. The van der Waals surface area contributed by atoms with Gasteiger partial charge in [0.1, 0.15) is 6.04 Å². The Kier molecular flexibility index (Phi) is 3.50. The van der Waals surface area contributed by atoms with Gasteiger partial charge in [-0.1, -0.05) is 0 Å². The summed E-state index contributed by atoms with van der Waals surface area (Å²) in [6.07, 6.45) is 1.55. The third-order valence-electron chi connectivity index (χ3n) is 2.97. The van der Waals surface area contributed by atoms with Crippen molar-refractivity contribution in [3.8, 4) is 0 Å². The summed E-state index contributed by atoms with van der Waals surface area (Å²) in [5, 5.41) is 11.7. The number of amides is 1. The van der Waals surface area contributed by atoms with E-state index in [1.54, 1.807) is 23.9 Å². The predicted molar refractivity (Wildman–Crippen MR) is 70.1 cm³/mol.